The zero-order chi connectivity index (χ0) is 11.7. The Labute approximate surface area is 98.2 Å². The number of hydrogen-bond acceptors (Lipinski definition) is 2. The van der Waals surface area contributed by atoms with Gasteiger partial charge in [-0.25, -0.2) is 0 Å². The van der Waals surface area contributed by atoms with E-state index in [-0.39, 0.29) is 11.8 Å². The molecule has 0 atom stereocenters. The number of carbonyl (C=O) groups excluding carboxylic acids is 1. The van der Waals surface area contributed by atoms with Gasteiger partial charge in [-0.05, 0) is 25.1 Å². The van der Waals surface area contributed by atoms with Gasteiger partial charge in [0.2, 0.25) is 5.91 Å². The minimum Gasteiger partial charge on any atom is -0.325 e. The van der Waals surface area contributed by atoms with Crippen molar-refractivity contribution in [2.45, 2.75) is 6.92 Å². The van der Waals surface area contributed by atoms with Crippen molar-refractivity contribution in [3.63, 3.8) is 0 Å². The van der Waals surface area contributed by atoms with E-state index >= 15 is 0 Å². The van der Waals surface area contributed by atoms with Gasteiger partial charge in [0.05, 0.1) is 5.52 Å². The van der Waals surface area contributed by atoms with E-state index in [0.717, 1.165) is 22.3 Å². The first-order valence-electron chi connectivity index (χ1n) is 4.91. The standard InChI is InChI=1S/C11H12ClN3O/c1-7-9-4-3-8(13-11(16)6-12)5-10(9)14-15(7)2/h3-5H,6H2,1-2H3,(H,13,16). The van der Waals surface area contributed by atoms with E-state index in [2.05, 4.69) is 10.4 Å². The third-order valence-corrected chi connectivity index (χ3v) is 2.78. The number of aromatic nitrogens is 2. The molecule has 0 fully saturated rings. The highest BCUT2D eigenvalue weighted by Crippen LogP contribution is 2.20. The van der Waals surface area contributed by atoms with Crippen molar-refractivity contribution in [2.24, 2.45) is 7.05 Å². The first-order chi connectivity index (χ1) is 7.61. The highest BCUT2D eigenvalue weighted by atomic mass is 35.5. The Morgan fingerprint density at radius 2 is 2.31 bits per heavy atom. The normalized spacial score (nSPS) is 10.7. The van der Waals surface area contributed by atoms with Crippen LogP contribution in [0.3, 0.4) is 0 Å². The lowest BCUT2D eigenvalue weighted by Gasteiger charge is -2.01. The van der Waals surface area contributed by atoms with E-state index in [1.54, 1.807) is 0 Å². The van der Waals surface area contributed by atoms with Crippen LogP contribution < -0.4 is 5.32 Å². The summed E-state index contributed by atoms with van der Waals surface area (Å²) < 4.78 is 1.82. The molecule has 0 bridgehead atoms. The fourth-order valence-corrected chi connectivity index (χ4v) is 1.67. The van der Waals surface area contributed by atoms with Gasteiger partial charge in [0.15, 0.2) is 0 Å². The predicted molar refractivity (Wildman–Crippen MR) is 64.8 cm³/mol. The van der Waals surface area contributed by atoms with Crippen LogP contribution in [0.1, 0.15) is 5.69 Å². The Bertz CT molecular complexity index is 547. The van der Waals surface area contributed by atoms with E-state index in [1.807, 2.05) is 36.9 Å². The molecule has 0 aliphatic carbocycles. The number of rotatable bonds is 2. The summed E-state index contributed by atoms with van der Waals surface area (Å²) in [5.41, 5.74) is 2.69. The van der Waals surface area contributed by atoms with Gasteiger partial charge in [0.25, 0.3) is 0 Å². The molecule has 0 aliphatic heterocycles. The number of nitrogens with one attached hydrogen (secondary N) is 1. The summed E-state index contributed by atoms with van der Waals surface area (Å²) >= 11 is 5.42. The molecule has 1 aromatic heterocycles. The van der Waals surface area contributed by atoms with Crippen LogP contribution in [0.2, 0.25) is 0 Å². The summed E-state index contributed by atoms with van der Waals surface area (Å²) in [5, 5.41) is 8.12. The molecule has 2 rings (SSSR count). The SMILES string of the molecule is Cc1c2ccc(NC(=O)CCl)cc2nn1C. The number of hydrogen-bond donors (Lipinski definition) is 1. The van der Waals surface area contributed by atoms with Gasteiger partial charge >= 0.3 is 0 Å². The topological polar surface area (TPSA) is 46.9 Å². The molecule has 0 radical (unpaired) electrons. The maximum absolute atomic E-state index is 11.1. The van der Waals surface area contributed by atoms with E-state index in [4.69, 9.17) is 11.6 Å². The van der Waals surface area contributed by atoms with Crippen molar-refractivity contribution in [1.29, 1.82) is 0 Å². The van der Waals surface area contributed by atoms with Gasteiger partial charge in [0.1, 0.15) is 5.88 Å². The number of nitrogens with zero attached hydrogens (tertiary/aromatic N) is 2. The Balaban J connectivity index is 2.41. The van der Waals surface area contributed by atoms with Gasteiger partial charge in [-0.15, -0.1) is 11.6 Å². The average Bonchev–Trinajstić information content (AvgIpc) is 2.54. The van der Waals surface area contributed by atoms with Crippen molar-refractivity contribution < 1.29 is 4.79 Å². The number of benzene rings is 1. The van der Waals surface area contributed by atoms with Crippen LogP contribution in [0.4, 0.5) is 5.69 Å². The number of halogens is 1. The summed E-state index contributed by atoms with van der Waals surface area (Å²) in [4.78, 5) is 11.1. The van der Waals surface area contributed by atoms with Crippen LogP contribution >= 0.6 is 11.6 Å². The van der Waals surface area contributed by atoms with Crippen LogP contribution in [0.15, 0.2) is 18.2 Å². The Hall–Kier alpha value is -1.55. The van der Waals surface area contributed by atoms with E-state index in [0.29, 0.717) is 0 Å². The van der Waals surface area contributed by atoms with Gasteiger partial charge in [-0.1, -0.05) is 0 Å². The number of anilines is 1. The second-order valence-electron chi connectivity index (χ2n) is 3.62. The average molecular weight is 238 g/mol. The van der Waals surface area contributed by atoms with Crippen LogP contribution in [-0.4, -0.2) is 21.6 Å². The fourth-order valence-electron chi connectivity index (χ4n) is 1.60. The molecule has 1 amide bonds. The second-order valence-corrected chi connectivity index (χ2v) is 3.89. The highest BCUT2D eigenvalue weighted by Gasteiger charge is 2.06. The number of amides is 1. The van der Waals surface area contributed by atoms with Gasteiger partial charge in [-0.2, -0.15) is 5.10 Å². The molecule has 5 heteroatoms. The summed E-state index contributed by atoms with van der Waals surface area (Å²) in [6.07, 6.45) is 0. The van der Waals surface area contributed by atoms with E-state index < -0.39 is 0 Å². The van der Waals surface area contributed by atoms with Crippen LogP contribution in [0.25, 0.3) is 10.9 Å². The minimum absolute atomic E-state index is 0.0424. The molecule has 1 heterocycles. The lowest BCUT2D eigenvalue weighted by molar-refractivity contribution is -0.113. The van der Waals surface area contributed by atoms with Crippen LogP contribution in [-0.2, 0) is 11.8 Å². The molecule has 2 aromatic rings. The van der Waals surface area contributed by atoms with Crippen molar-refractivity contribution in [3.8, 4) is 0 Å². The third-order valence-electron chi connectivity index (χ3n) is 2.54. The summed E-state index contributed by atoms with van der Waals surface area (Å²) in [5.74, 6) is -0.257. The smallest absolute Gasteiger partial charge is 0.239 e. The Morgan fingerprint density at radius 3 is 3.00 bits per heavy atom. The molecule has 0 saturated heterocycles. The maximum Gasteiger partial charge on any atom is 0.239 e. The summed E-state index contributed by atoms with van der Waals surface area (Å²) in [6, 6.07) is 5.63. The molecular formula is C11H12ClN3O. The Kier molecular flexibility index (Phi) is 2.83. The van der Waals surface area contributed by atoms with E-state index in [1.165, 1.54) is 0 Å². The first kappa shape index (κ1) is 11.0. The zero-order valence-corrected chi connectivity index (χ0v) is 9.88. The number of carbonyl (C=O) groups is 1. The summed E-state index contributed by atoms with van der Waals surface area (Å²) in [7, 11) is 1.90. The van der Waals surface area contributed by atoms with E-state index in [9.17, 15) is 4.79 Å². The van der Waals surface area contributed by atoms with Crippen molar-refractivity contribution in [2.75, 3.05) is 11.2 Å². The predicted octanol–water partition coefficient (Wildman–Crippen LogP) is 2.06. The van der Waals surface area contributed by atoms with Crippen molar-refractivity contribution >= 4 is 34.1 Å². The van der Waals surface area contributed by atoms with Gasteiger partial charge < -0.3 is 5.32 Å². The number of alkyl halides is 1. The molecule has 16 heavy (non-hydrogen) atoms. The maximum atomic E-state index is 11.1. The fraction of sp³-hybridized carbons (Fsp3) is 0.273. The molecule has 1 N–H and O–H groups in total. The monoisotopic (exact) mass is 237 g/mol. The Morgan fingerprint density at radius 1 is 1.56 bits per heavy atom. The van der Waals surface area contributed by atoms with Gasteiger partial charge in [0, 0.05) is 23.8 Å². The minimum atomic E-state index is -0.214. The lowest BCUT2D eigenvalue weighted by Crippen LogP contribution is -2.12. The quantitative estimate of drug-likeness (QED) is 0.813. The molecule has 0 saturated carbocycles. The molecule has 0 unspecified atom stereocenters. The second kappa shape index (κ2) is 4.14. The largest absolute Gasteiger partial charge is 0.325 e. The first-order valence-corrected chi connectivity index (χ1v) is 5.44. The molecular weight excluding hydrogens is 226 g/mol. The molecule has 0 aliphatic rings. The third kappa shape index (κ3) is 1.88. The summed E-state index contributed by atoms with van der Waals surface area (Å²) in [6.45, 7) is 2.01. The molecule has 4 nitrogen and oxygen atoms in total. The van der Waals surface area contributed by atoms with Gasteiger partial charge in [-0.3, -0.25) is 9.48 Å². The number of fused-ring (bicyclic) bond motifs is 1. The van der Waals surface area contributed by atoms with Crippen LogP contribution in [0, 0.1) is 6.92 Å². The van der Waals surface area contributed by atoms with Crippen molar-refractivity contribution in [1.82, 2.24) is 9.78 Å². The zero-order valence-electron chi connectivity index (χ0n) is 9.12. The lowest BCUT2D eigenvalue weighted by atomic mass is 10.2. The van der Waals surface area contributed by atoms with Crippen molar-refractivity contribution in [3.05, 3.63) is 23.9 Å². The molecule has 0 spiro atoms. The van der Waals surface area contributed by atoms with Crippen LogP contribution in [0.5, 0.6) is 0 Å². The highest BCUT2D eigenvalue weighted by molar-refractivity contribution is 6.29. The molecule has 84 valence electrons. The molecule has 1 aromatic carbocycles. The number of aryl methyl sites for hydroxylation is 2.